The zero-order chi connectivity index (χ0) is 27.8. The number of aryl methyl sites for hydroxylation is 2. The van der Waals surface area contributed by atoms with Gasteiger partial charge in [-0.1, -0.05) is 132 Å². The summed E-state index contributed by atoms with van der Waals surface area (Å²) < 4.78 is 0. The Kier molecular flexibility index (Phi) is 10.7. The van der Waals surface area contributed by atoms with Gasteiger partial charge in [0, 0.05) is 22.7 Å². The zero-order valence-corrected chi connectivity index (χ0v) is 23.2. The lowest BCUT2D eigenvalue weighted by Gasteiger charge is -2.09. The second-order valence-corrected chi connectivity index (χ2v) is 9.45. The number of nitrogens with one attached hydrogen (secondary N) is 2. The monoisotopic (exact) mass is 520 g/mol. The highest BCUT2D eigenvalue weighted by atomic mass is 14.9. The highest BCUT2D eigenvalue weighted by Gasteiger charge is 2.00. The number of benzene rings is 6. The molecular weight excluding hydrogens is 484 g/mol. The Labute approximate surface area is 239 Å². The maximum Gasteiger partial charge on any atom is 0.0384 e. The molecule has 6 aromatic carbocycles. The van der Waals surface area contributed by atoms with Gasteiger partial charge in [0.05, 0.1) is 0 Å². The molecule has 0 amide bonds. The summed E-state index contributed by atoms with van der Waals surface area (Å²) >= 11 is 0. The highest BCUT2D eigenvalue weighted by molar-refractivity contribution is 5.71. The summed E-state index contributed by atoms with van der Waals surface area (Å²) in [6.45, 7) is 4.17. The molecule has 0 saturated heterocycles. The molecule has 198 valence electrons. The fourth-order valence-electron chi connectivity index (χ4n) is 3.94. The van der Waals surface area contributed by atoms with E-state index in [2.05, 4.69) is 122 Å². The molecule has 2 heteroatoms. The van der Waals surface area contributed by atoms with E-state index >= 15 is 0 Å². The van der Waals surface area contributed by atoms with E-state index in [-0.39, 0.29) is 0 Å². The largest absolute Gasteiger partial charge is 0.356 e. The number of rotatable bonds is 5. The van der Waals surface area contributed by atoms with Crippen molar-refractivity contribution in [3.63, 3.8) is 0 Å². The van der Waals surface area contributed by atoms with E-state index in [1.165, 1.54) is 22.3 Å². The third-order valence-electron chi connectivity index (χ3n) is 6.11. The Morgan fingerprint density at radius 2 is 0.525 bits per heavy atom. The molecule has 0 aliphatic heterocycles. The topological polar surface area (TPSA) is 24.1 Å². The van der Waals surface area contributed by atoms with Crippen LogP contribution >= 0.6 is 0 Å². The van der Waals surface area contributed by atoms with Crippen LogP contribution in [0.4, 0.5) is 22.7 Å². The van der Waals surface area contributed by atoms with Gasteiger partial charge in [-0.05, 0) is 73.5 Å². The minimum Gasteiger partial charge on any atom is -0.356 e. The van der Waals surface area contributed by atoms with E-state index in [0.717, 1.165) is 22.7 Å². The second kappa shape index (κ2) is 15.4. The number of anilines is 4. The van der Waals surface area contributed by atoms with Gasteiger partial charge in [0.2, 0.25) is 0 Å². The predicted octanol–water partition coefficient (Wildman–Crippen LogP) is 10.8. The van der Waals surface area contributed by atoms with Gasteiger partial charge in [0.1, 0.15) is 0 Å². The number of para-hydroxylation sites is 2. The van der Waals surface area contributed by atoms with Crippen LogP contribution in [0.5, 0.6) is 0 Å². The molecule has 0 radical (unpaired) electrons. The van der Waals surface area contributed by atoms with Gasteiger partial charge in [-0.25, -0.2) is 0 Å². The molecule has 0 bridgehead atoms. The van der Waals surface area contributed by atoms with Crippen LogP contribution in [0.15, 0.2) is 170 Å². The van der Waals surface area contributed by atoms with Crippen LogP contribution in [0.2, 0.25) is 0 Å². The van der Waals surface area contributed by atoms with E-state index in [9.17, 15) is 0 Å². The minimum atomic E-state index is 1.09. The fraction of sp³-hybridized carbons (Fsp3) is 0.0526. The molecule has 0 heterocycles. The lowest BCUT2D eigenvalue weighted by Crippen LogP contribution is -1.90. The van der Waals surface area contributed by atoms with Crippen molar-refractivity contribution in [3.05, 3.63) is 181 Å². The summed E-state index contributed by atoms with van der Waals surface area (Å²) in [4.78, 5) is 0. The molecule has 0 aromatic heterocycles. The molecule has 0 saturated carbocycles. The molecule has 0 aliphatic carbocycles. The zero-order valence-electron chi connectivity index (χ0n) is 23.2. The average molecular weight is 521 g/mol. The second-order valence-electron chi connectivity index (χ2n) is 9.45. The fourth-order valence-corrected chi connectivity index (χ4v) is 3.94. The van der Waals surface area contributed by atoms with Crippen molar-refractivity contribution in [2.75, 3.05) is 10.6 Å². The van der Waals surface area contributed by atoms with E-state index in [0.29, 0.717) is 0 Å². The van der Waals surface area contributed by atoms with E-state index in [1.807, 2.05) is 72.8 Å². The Bertz CT molecular complexity index is 1380. The van der Waals surface area contributed by atoms with Crippen LogP contribution in [-0.4, -0.2) is 0 Å². The van der Waals surface area contributed by atoms with Crippen molar-refractivity contribution in [1.82, 2.24) is 0 Å². The van der Waals surface area contributed by atoms with Gasteiger partial charge < -0.3 is 10.6 Å². The first-order valence-corrected chi connectivity index (χ1v) is 13.5. The normalized spacial score (nSPS) is 9.75. The van der Waals surface area contributed by atoms with Gasteiger partial charge in [-0.2, -0.15) is 0 Å². The molecule has 0 fully saturated rings. The van der Waals surface area contributed by atoms with Crippen molar-refractivity contribution in [2.45, 2.75) is 13.8 Å². The van der Waals surface area contributed by atoms with E-state index in [1.54, 1.807) is 0 Å². The number of hydrogen-bond acceptors (Lipinski definition) is 2. The van der Waals surface area contributed by atoms with Gasteiger partial charge in [0.15, 0.2) is 0 Å². The van der Waals surface area contributed by atoms with Crippen molar-refractivity contribution in [3.8, 4) is 11.1 Å². The molecule has 6 aromatic rings. The Balaban J connectivity index is 0.000000215. The van der Waals surface area contributed by atoms with Gasteiger partial charge in [0.25, 0.3) is 0 Å². The van der Waals surface area contributed by atoms with Crippen molar-refractivity contribution in [2.24, 2.45) is 0 Å². The van der Waals surface area contributed by atoms with Crippen LogP contribution in [0.25, 0.3) is 11.1 Å². The Morgan fingerprint density at radius 3 is 0.775 bits per heavy atom. The first-order chi connectivity index (χ1) is 19.7. The third-order valence-corrected chi connectivity index (χ3v) is 6.11. The quantitative estimate of drug-likeness (QED) is 0.236. The molecule has 6 rings (SSSR count). The van der Waals surface area contributed by atoms with Crippen LogP contribution in [0, 0.1) is 13.8 Å². The smallest absolute Gasteiger partial charge is 0.0384 e. The lowest BCUT2D eigenvalue weighted by atomic mass is 10.0. The minimum absolute atomic E-state index is 1.09. The summed E-state index contributed by atoms with van der Waals surface area (Å²) in [6, 6.07) is 57.9. The Morgan fingerprint density at radius 1 is 0.275 bits per heavy atom. The summed E-state index contributed by atoms with van der Waals surface area (Å²) in [5.74, 6) is 0. The Hall–Kier alpha value is -5.08. The van der Waals surface area contributed by atoms with Gasteiger partial charge in [-0.3, -0.25) is 0 Å². The number of hydrogen-bond donors (Lipinski definition) is 2. The van der Waals surface area contributed by atoms with Crippen LogP contribution in [0.1, 0.15) is 11.1 Å². The molecule has 0 aliphatic rings. The predicted molar refractivity (Wildman–Crippen MR) is 174 cm³/mol. The van der Waals surface area contributed by atoms with Gasteiger partial charge in [-0.15, -0.1) is 0 Å². The molecule has 40 heavy (non-hydrogen) atoms. The lowest BCUT2D eigenvalue weighted by molar-refractivity contribution is 1.48. The first kappa shape index (κ1) is 27.9. The third kappa shape index (κ3) is 9.66. The van der Waals surface area contributed by atoms with Crippen molar-refractivity contribution >= 4 is 22.7 Å². The maximum atomic E-state index is 3.41. The summed E-state index contributed by atoms with van der Waals surface area (Å²) in [6.07, 6.45) is 0. The van der Waals surface area contributed by atoms with E-state index in [4.69, 9.17) is 0 Å². The van der Waals surface area contributed by atoms with Crippen LogP contribution in [0.3, 0.4) is 0 Å². The first-order valence-electron chi connectivity index (χ1n) is 13.5. The summed E-state index contributed by atoms with van der Waals surface area (Å²) in [5.41, 5.74) is 9.41. The van der Waals surface area contributed by atoms with Crippen LogP contribution < -0.4 is 10.6 Å². The standard InChI is InChI=1S/C24H20N2.2C7H8/c1-3-7-21(8-4-1)25-23-15-11-19(12-16-23)20-13-17-24(18-14-20)26-22-9-5-2-6-10-22;2*1-7-5-3-2-4-6-7/h1-18,25-26H;2*2-6H,1H3. The molecular formula is C38H36N2. The molecule has 0 unspecified atom stereocenters. The van der Waals surface area contributed by atoms with Crippen molar-refractivity contribution < 1.29 is 0 Å². The SMILES string of the molecule is Cc1ccccc1.Cc1ccccc1.c1ccc(Nc2ccc(-c3ccc(Nc4ccccc4)cc3)cc2)cc1. The molecule has 2 nitrogen and oxygen atoms in total. The maximum absolute atomic E-state index is 3.41. The molecule has 2 N–H and O–H groups in total. The van der Waals surface area contributed by atoms with E-state index < -0.39 is 0 Å². The highest BCUT2D eigenvalue weighted by Crippen LogP contribution is 2.25. The van der Waals surface area contributed by atoms with Crippen LogP contribution in [-0.2, 0) is 0 Å². The summed E-state index contributed by atoms with van der Waals surface area (Å²) in [7, 11) is 0. The average Bonchev–Trinajstić information content (AvgIpc) is 3.01. The van der Waals surface area contributed by atoms with Crippen molar-refractivity contribution in [1.29, 1.82) is 0 Å². The molecule has 0 spiro atoms. The summed E-state index contributed by atoms with van der Waals surface area (Å²) in [5, 5.41) is 6.82. The molecule has 0 atom stereocenters. The van der Waals surface area contributed by atoms with Gasteiger partial charge >= 0.3 is 0 Å².